The largest absolute Gasteiger partial charge is 0.465 e. The molecule has 2 N–H and O–H groups in total. The summed E-state index contributed by atoms with van der Waals surface area (Å²) in [5.41, 5.74) is -0.948. The lowest BCUT2D eigenvalue weighted by atomic mass is 9.93. The summed E-state index contributed by atoms with van der Waals surface area (Å²) < 4.78 is 27.0. The number of carbonyl (C=O) groups is 3. The lowest BCUT2D eigenvalue weighted by Gasteiger charge is -2.48. The summed E-state index contributed by atoms with van der Waals surface area (Å²) in [5, 5.41) is 20.7. The molecule has 3 saturated heterocycles. The van der Waals surface area contributed by atoms with Crippen LogP contribution in [0.2, 0.25) is 5.02 Å². The molecule has 3 amide bonds. The first-order chi connectivity index (χ1) is 18.0. The first-order valence-electron chi connectivity index (χ1n) is 12.8. The summed E-state index contributed by atoms with van der Waals surface area (Å²) in [4.78, 5) is 43.2. The number of nitriles is 1. The number of nitrogens with one attached hydrogen (secondary N) is 1. The van der Waals surface area contributed by atoms with Gasteiger partial charge in [-0.1, -0.05) is 17.7 Å². The number of carbonyl (C=O) groups excluding carboxylic acids is 2. The highest BCUT2D eigenvalue weighted by molar-refractivity contribution is 7.92. The van der Waals surface area contributed by atoms with E-state index in [9.17, 15) is 33.2 Å². The second kappa shape index (κ2) is 10.0. The summed E-state index contributed by atoms with van der Waals surface area (Å²) in [6, 6.07) is 6.58. The van der Waals surface area contributed by atoms with Crippen molar-refractivity contribution in [3.63, 3.8) is 0 Å². The molecular formula is C25H30ClN5O6S. The van der Waals surface area contributed by atoms with Crippen LogP contribution in [0.3, 0.4) is 0 Å². The van der Waals surface area contributed by atoms with Crippen LogP contribution >= 0.6 is 11.6 Å². The van der Waals surface area contributed by atoms with E-state index in [0.29, 0.717) is 51.7 Å². The van der Waals surface area contributed by atoms with Crippen molar-refractivity contribution in [1.29, 1.82) is 5.26 Å². The van der Waals surface area contributed by atoms with Gasteiger partial charge in [-0.25, -0.2) is 13.2 Å². The number of hydrogen-bond acceptors (Lipinski definition) is 7. The number of rotatable bonds is 6. The smallest absolute Gasteiger partial charge is 0.407 e. The van der Waals surface area contributed by atoms with Crippen LogP contribution in [0.5, 0.6) is 0 Å². The number of likely N-dealkylation sites (tertiary alicyclic amines) is 3. The van der Waals surface area contributed by atoms with Gasteiger partial charge in [-0.05, 0) is 56.7 Å². The van der Waals surface area contributed by atoms with Crippen LogP contribution < -0.4 is 5.32 Å². The zero-order valence-corrected chi connectivity index (χ0v) is 22.3. The minimum absolute atomic E-state index is 0.0367. The van der Waals surface area contributed by atoms with Crippen molar-refractivity contribution < 1.29 is 27.9 Å². The third kappa shape index (κ3) is 4.95. The molecule has 5 rings (SSSR count). The molecule has 0 bridgehead atoms. The molecule has 3 heterocycles. The van der Waals surface area contributed by atoms with E-state index in [2.05, 4.69) is 11.4 Å². The topological polar surface area (TPSA) is 151 Å². The van der Waals surface area contributed by atoms with Crippen LogP contribution in [0.25, 0.3) is 0 Å². The van der Waals surface area contributed by atoms with Gasteiger partial charge >= 0.3 is 6.09 Å². The van der Waals surface area contributed by atoms with Crippen LogP contribution in [-0.2, 0) is 19.4 Å². The van der Waals surface area contributed by atoms with Crippen molar-refractivity contribution in [2.24, 2.45) is 0 Å². The molecule has 4 fully saturated rings. The van der Waals surface area contributed by atoms with Gasteiger partial charge in [0.05, 0.1) is 22.3 Å². The maximum Gasteiger partial charge on any atom is 0.407 e. The number of nitrogens with zero attached hydrogens (tertiary/aromatic N) is 4. The monoisotopic (exact) mass is 563 g/mol. The Labute approximate surface area is 226 Å². The van der Waals surface area contributed by atoms with Crippen LogP contribution in [0, 0.1) is 11.3 Å². The Morgan fingerprint density at radius 2 is 1.82 bits per heavy atom. The quantitative estimate of drug-likeness (QED) is 0.528. The van der Waals surface area contributed by atoms with Gasteiger partial charge in [0.1, 0.15) is 11.6 Å². The van der Waals surface area contributed by atoms with E-state index in [0.717, 1.165) is 0 Å². The van der Waals surface area contributed by atoms with Crippen LogP contribution in [0.15, 0.2) is 29.2 Å². The minimum atomic E-state index is -3.89. The number of halogens is 1. The first-order valence-corrected chi connectivity index (χ1v) is 14.7. The highest BCUT2D eigenvalue weighted by Gasteiger charge is 2.52. The predicted molar refractivity (Wildman–Crippen MR) is 136 cm³/mol. The van der Waals surface area contributed by atoms with Crippen LogP contribution in [0.1, 0.15) is 38.5 Å². The number of sulfone groups is 1. The molecule has 0 aromatic heterocycles. The number of carboxylic acid groups (broad SMARTS) is 1. The van der Waals surface area contributed by atoms with Crippen molar-refractivity contribution >= 4 is 39.3 Å². The molecule has 4 aliphatic rings. The molecule has 0 radical (unpaired) electrons. The average Bonchev–Trinajstić information content (AvgIpc) is 3.48. The summed E-state index contributed by atoms with van der Waals surface area (Å²) >= 11 is 6.03. The molecule has 11 nitrogen and oxygen atoms in total. The molecule has 13 heteroatoms. The van der Waals surface area contributed by atoms with E-state index >= 15 is 0 Å². The molecule has 204 valence electrons. The lowest BCUT2D eigenvalue weighted by molar-refractivity contribution is -0.148. The second-order valence-electron chi connectivity index (χ2n) is 10.6. The Kier molecular flexibility index (Phi) is 7.04. The zero-order chi connectivity index (χ0) is 27.2. The predicted octanol–water partition coefficient (Wildman–Crippen LogP) is 1.47. The van der Waals surface area contributed by atoms with Crippen molar-refractivity contribution in [3.05, 3.63) is 29.3 Å². The van der Waals surface area contributed by atoms with E-state index in [1.165, 1.54) is 21.9 Å². The summed E-state index contributed by atoms with van der Waals surface area (Å²) in [6.45, 7) is 1.33. The van der Waals surface area contributed by atoms with Gasteiger partial charge in [-0.3, -0.25) is 14.5 Å². The summed E-state index contributed by atoms with van der Waals surface area (Å²) in [7, 11) is -3.89. The van der Waals surface area contributed by atoms with Gasteiger partial charge in [0, 0.05) is 37.2 Å². The SMILES string of the molecule is N#CC1(NC(=O)[C@@H]2C[C@@H](S(=O)(=O)c3cccc(Cl)c3)CN2C(=O)C2CCN2C2CCN(C(=O)O)CC2)CC1. The van der Waals surface area contributed by atoms with E-state index in [1.807, 2.05) is 4.90 Å². The standard InChI is InChI=1S/C25H30ClN5O6S/c26-16-2-1-3-18(12-16)38(36,37)19-13-21(22(32)28-25(15-27)7-8-25)31(14-19)23(33)20-6-11-30(20)17-4-9-29(10-5-17)24(34)35/h1-3,12,17,19-21H,4-11,13-14H2,(H,28,32)(H,34,35)/t19-,20?,21+/m1/s1. The Morgan fingerprint density at radius 3 is 2.37 bits per heavy atom. The summed E-state index contributed by atoms with van der Waals surface area (Å²) in [5.74, 6) is -0.815. The van der Waals surface area contributed by atoms with Crippen molar-refractivity contribution in [2.75, 3.05) is 26.2 Å². The molecule has 3 aliphatic heterocycles. The molecule has 1 unspecified atom stereocenters. The highest BCUT2D eigenvalue weighted by Crippen LogP contribution is 2.37. The molecular weight excluding hydrogens is 534 g/mol. The first kappa shape index (κ1) is 26.7. The minimum Gasteiger partial charge on any atom is -0.465 e. The fraction of sp³-hybridized carbons (Fsp3) is 0.600. The highest BCUT2D eigenvalue weighted by atomic mass is 35.5. The average molecular weight is 564 g/mol. The number of amides is 3. The zero-order valence-electron chi connectivity index (χ0n) is 20.8. The van der Waals surface area contributed by atoms with Gasteiger partial charge in [-0.15, -0.1) is 0 Å². The third-order valence-corrected chi connectivity index (χ3v) is 10.7. The van der Waals surface area contributed by atoms with Crippen LogP contribution in [0.4, 0.5) is 4.79 Å². The Morgan fingerprint density at radius 1 is 1.11 bits per heavy atom. The fourth-order valence-electron chi connectivity index (χ4n) is 5.75. The van der Waals surface area contributed by atoms with Crippen LogP contribution in [-0.4, -0.2) is 101 Å². The Balaban J connectivity index is 1.35. The van der Waals surface area contributed by atoms with E-state index < -0.39 is 44.7 Å². The van der Waals surface area contributed by atoms with Gasteiger partial charge in [0.2, 0.25) is 11.8 Å². The van der Waals surface area contributed by atoms with E-state index in [-0.39, 0.29) is 34.8 Å². The summed E-state index contributed by atoms with van der Waals surface area (Å²) in [6.07, 6.45) is 1.81. The third-order valence-electron chi connectivity index (χ3n) is 8.29. The fourth-order valence-corrected chi connectivity index (χ4v) is 7.74. The van der Waals surface area contributed by atoms with Gasteiger partial charge in [0.25, 0.3) is 0 Å². The van der Waals surface area contributed by atoms with E-state index in [4.69, 9.17) is 11.6 Å². The lowest BCUT2D eigenvalue weighted by Crippen LogP contribution is -2.63. The molecule has 1 aromatic rings. The number of benzene rings is 1. The number of hydrogen-bond donors (Lipinski definition) is 2. The van der Waals surface area contributed by atoms with Gasteiger partial charge < -0.3 is 20.2 Å². The molecule has 1 aliphatic carbocycles. The van der Waals surface area contributed by atoms with Gasteiger partial charge in [-0.2, -0.15) is 5.26 Å². The van der Waals surface area contributed by atoms with Gasteiger partial charge in [0.15, 0.2) is 9.84 Å². The normalized spacial score (nSPS) is 27.3. The van der Waals surface area contributed by atoms with E-state index in [1.54, 1.807) is 12.1 Å². The Bertz CT molecular complexity index is 1290. The maximum atomic E-state index is 13.8. The molecule has 38 heavy (non-hydrogen) atoms. The van der Waals surface area contributed by atoms with Crippen molar-refractivity contribution in [1.82, 2.24) is 20.0 Å². The maximum absolute atomic E-state index is 13.8. The van der Waals surface area contributed by atoms with Crippen molar-refractivity contribution in [3.8, 4) is 6.07 Å². The number of piperidine rings is 1. The second-order valence-corrected chi connectivity index (χ2v) is 13.3. The molecule has 0 spiro atoms. The molecule has 1 saturated carbocycles. The molecule has 3 atom stereocenters. The van der Waals surface area contributed by atoms with Crippen molar-refractivity contribution in [2.45, 2.75) is 72.3 Å². The Hall–Kier alpha value is -2.88. The molecule has 1 aromatic carbocycles.